The number of benzene rings is 1. The van der Waals surface area contributed by atoms with Crippen molar-refractivity contribution in [1.82, 2.24) is 15.1 Å². The first-order chi connectivity index (χ1) is 10.1. The van der Waals surface area contributed by atoms with E-state index in [1.165, 1.54) is 11.1 Å². The van der Waals surface area contributed by atoms with Crippen LogP contribution in [0, 0.1) is 0 Å². The van der Waals surface area contributed by atoms with E-state index in [-0.39, 0.29) is 0 Å². The van der Waals surface area contributed by atoms with E-state index in [2.05, 4.69) is 73.6 Å². The number of hydrogen-bond donors (Lipinski definition) is 1. The SMILES string of the molecule is CCCNC(CCc1cnn(C)c1)c1cc(Br)cc(Br)c1. The van der Waals surface area contributed by atoms with Crippen molar-refractivity contribution in [2.24, 2.45) is 7.05 Å². The Labute approximate surface area is 143 Å². The summed E-state index contributed by atoms with van der Waals surface area (Å²) < 4.78 is 4.08. The predicted molar refractivity (Wildman–Crippen MR) is 94.4 cm³/mol. The van der Waals surface area contributed by atoms with Crippen molar-refractivity contribution in [2.75, 3.05) is 6.54 Å². The molecule has 0 amide bonds. The Bertz CT molecular complexity index is 560. The zero-order valence-corrected chi connectivity index (χ0v) is 15.6. The molecule has 3 nitrogen and oxygen atoms in total. The number of rotatable bonds is 7. The maximum absolute atomic E-state index is 4.24. The number of nitrogens with one attached hydrogen (secondary N) is 1. The van der Waals surface area contributed by atoms with E-state index in [0.29, 0.717) is 6.04 Å². The predicted octanol–water partition coefficient (Wildman–Crippen LogP) is 4.62. The van der Waals surface area contributed by atoms with Crippen LogP contribution < -0.4 is 5.32 Å². The second-order valence-corrected chi connectivity index (χ2v) is 7.10. The molecule has 114 valence electrons. The molecule has 0 saturated carbocycles. The van der Waals surface area contributed by atoms with Crippen LogP contribution in [-0.2, 0) is 13.5 Å². The summed E-state index contributed by atoms with van der Waals surface area (Å²) in [6.45, 7) is 3.23. The van der Waals surface area contributed by atoms with Crippen LogP contribution in [0.2, 0.25) is 0 Å². The molecule has 0 spiro atoms. The second-order valence-electron chi connectivity index (χ2n) is 5.27. The van der Waals surface area contributed by atoms with Crippen molar-refractivity contribution in [3.63, 3.8) is 0 Å². The Hall–Kier alpha value is -0.650. The first-order valence-electron chi connectivity index (χ1n) is 7.25. The highest BCUT2D eigenvalue weighted by atomic mass is 79.9. The largest absolute Gasteiger partial charge is 0.310 e. The molecule has 0 bridgehead atoms. The minimum absolute atomic E-state index is 0.360. The zero-order chi connectivity index (χ0) is 15.2. The van der Waals surface area contributed by atoms with E-state index >= 15 is 0 Å². The van der Waals surface area contributed by atoms with Crippen LogP contribution in [0.1, 0.15) is 36.9 Å². The van der Waals surface area contributed by atoms with Crippen molar-refractivity contribution < 1.29 is 0 Å². The summed E-state index contributed by atoms with van der Waals surface area (Å²) in [6, 6.07) is 6.82. The standard InChI is InChI=1S/C16H21Br2N3/c1-3-6-19-16(5-4-12-10-20-21(2)11-12)13-7-14(17)9-15(18)8-13/h7-11,16,19H,3-6H2,1-2H3. The maximum atomic E-state index is 4.24. The molecule has 0 saturated heterocycles. The molecule has 1 heterocycles. The van der Waals surface area contributed by atoms with Gasteiger partial charge in [-0.2, -0.15) is 5.10 Å². The van der Waals surface area contributed by atoms with Crippen molar-refractivity contribution in [1.29, 1.82) is 0 Å². The summed E-state index contributed by atoms with van der Waals surface area (Å²) in [4.78, 5) is 0. The Morgan fingerprint density at radius 2 is 1.95 bits per heavy atom. The quantitative estimate of drug-likeness (QED) is 0.716. The van der Waals surface area contributed by atoms with Gasteiger partial charge in [-0.3, -0.25) is 4.68 Å². The van der Waals surface area contributed by atoms with Crippen LogP contribution in [0.25, 0.3) is 0 Å². The highest BCUT2D eigenvalue weighted by Gasteiger charge is 2.12. The lowest BCUT2D eigenvalue weighted by molar-refractivity contribution is 0.499. The van der Waals surface area contributed by atoms with Gasteiger partial charge in [-0.15, -0.1) is 0 Å². The van der Waals surface area contributed by atoms with E-state index in [1.807, 2.05) is 17.9 Å². The van der Waals surface area contributed by atoms with Crippen LogP contribution in [0.15, 0.2) is 39.5 Å². The van der Waals surface area contributed by atoms with Gasteiger partial charge >= 0.3 is 0 Å². The van der Waals surface area contributed by atoms with Gasteiger partial charge in [-0.25, -0.2) is 0 Å². The van der Waals surface area contributed by atoms with E-state index in [4.69, 9.17) is 0 Å². The van der Waals surface area contributed by atoms with Crippen molar-refractivity contribution in [2.45, 2.75) is 32.2 Å². The fourth-order valence-corrected chi connectivity index (χ4v) is 3.72. The van der Waals surface area contributed by atoms with Crippen LogP contribution in [-0.4, -0.2) is 16.3 Å². The average molecular weight is 415 g/mol. The number of nitrogens with zero attached hydrogens (tertiary/aromatic N) is 2. The van der Waals surface area contributed by atoms with Gasteiger partial charge in [-0.1, -0.05) is 38.8 Å². The highest BCUT2D eigenvalue weighted by Crippen LogP contribution is 2.26. The molecule has 0 aliphatic heterocycles. The van der Waals surface area contributed by atoms with E-state index < -0.39 is 0 Å². The summed E-state index contributed by atoms with van der Waals surface area (Å²) in [5.41, 5.74) is 2.60. The van der Waals surface area contributed by atoms with Crippen LogP contribution in [0.3, 0.4) is 0 Å². The molecule has 1 aromatic carbocycles. The molecular formula is C16H21Br2N3. The molecule has 0 aliphatic carbocycles. The van der Waals surface area contributed by atoms with Crippen LogP contribution >= 0.6 is 31.9 Å². The van der Waals surface area contributed by atoms with Crippen LogP contribution in [0.5, 0.6) is 0 Å². The van der Waals surface area contributed by atoms with E-state index in [0.717, 1.165) is 34.8 Å². The first kappa shape index (κ1) is 16.7. The average Bonchev–Trinajstić information content (AvgIpc) is 2.83. The third-order valence-electron chi connectivity index (χ3n) is 3.41. The monoisotopic (exact) mass is 413 g/mol. The molecule has 1 unspecified atom stereocenters. The molecule has 21 heavy (non-hydrogen) atoms. The van der Waals surface area contributed by atoms with Gasteiger partial charge in [-0.05, 0) is 55.1 Å². The van der Waals surface area contributed by atoms with Gasteiger partial charge in [0.1, 0.15) is 0 Å². The lowest BCUT2D eigenvalue weighted by atomic mass is 10.00. The Morgan fingerprint density at radius 1 is 1.24 bits per heavy atom. The molecule has 0 fully saturated rings. The molecule has 0 aliphatic rings. The van der Waals surface area contributed by atoms with Crippen molar-refractivity contribution >= 4 is 31.9 Å². The third kappa shape index (κ3) is 5.24. The summed E-state index contributed by atoms with van der Waals surface area (Å²) in [7, 11) is 1.96. The molecule has 1 N–H and O–H groups in total. The summed E-state index contributed by atoms with van der Waals surface area (Å²) >= 11 is 7.16. The number of aromatic nitrogens is 2. The lowest BCUT2D eigenvalue weighted by Gasteiger charge is -2.19. The molecule has 1 aromatic heterocycles. The number of halogens is 2. The molecule has 0 radical (unpaired) electrons. The second kappa shape index (κ2) is 8.11. The summed E-state index contributed by atoms with van der Waals surface area (Å²) in [5, 5.41) is 7.89. The number of hydrogen-bond acceptors (Lipinski definition) is 2. The Kier molecular flexibility index (Phi) is 6.45. The van der Waals surface area contributed by atoms with Gasteiger partial charge in [0.15, 0.2) is 0 Å². The highest BCUT2D eigenvalue weighted by molar-refractivity contribution is 9.11. The normalized spacial score (nSPS) is 12.6. The van der Waals surface area contributed by atoms with Gasteiger partial charge in [0.05, 0.1) is 6.20 Å². The van der Waals surface area contributed by atoms with Gasteiger partial charge in [0.2, 0.25) is 0 Å². The molecule has 1 atom stereocenters. The minimum Gasteiger partial charge on any atom is -0.310 e. The lowest BCUT2D eigenvalue weighted by Crippen LogP contribution is -2.22. The minimum atomic E-state index is 0.360. The van der Waals surface area contributed by atoms with Crippen molar-refractivity contribution in [3.05, 3.63) is 50.7 Å². The fraction of sp³-hybridized carbons (Fsp3) is 0.438. The number of aryl methyl sites for hydroxylation is 2. The third-order valence-corrected chi connectivity index (χ3v) is 4.32. The Balaban J connectivity index is 2.09. The van der Waals surface area contributed by atoms with E-state index in [1.54, 1.807) is 0 Å². The molecule has 2 rings (SSSR count). The fourth-order valence-electron chi connectivity index (χ4n) is 2.39. The molecular weight excluding hydrogens is 394 g/mol. The smallest absolute Gasteiger partial charge is 0.0521 e. The summed E-state index contributed by atoms with van der Waals surface area (Å²) in [5.74, 6) is 0. The molecule has 5 heteroatoms. The van der Waals surface area contributed by atoms with E-state index in [9.17, 15) is 0 Å². The summed E-state index contributed by atoms with van der Waals surface area (Å²) in [6.07, 6.45) is 7.27. The van der Waals surface area contributed by atoms with Crippen molar-refractivity contribution in [3.8, 4) is 0 Å². The Morgan fingerprint density at radius 3 is 2.52 bits per heavy atom. The van der Waals surface area contributed by atoms with Gasteiger partial charge in [0.25, 0.3) is 0 Å². The first-order valence-corrected chi connectivity index (χ1v) is 8.84. The zero-order valence-electron chi connectivity index (χ0n) is 12.4. The van der Waals surface area contributed by atoms with Gasteiger partial charge in [0, 0.05) is 28.2 Å². The topological polar surface area (TPSA) is 29.9 Å². The van der Waals surface area contributed by atoms with Crippen LogP contribution in [0.4, 0.5) is 0 Å². The maximum Gasteiger partial charge on any atom is 0.0521 e. The molecule has 2 aromatic rings. The van der Waals surface area contributed by atoms with Gasteiger partial charge < -0.3 is 5.32 Å².